The van der Waals surface area contributed by atoms with Crippen LogP contribution >= 0.6 is 0 Å². The van der Waals surface area contributed by atoms with Gasteiger partial charge in [-0.1, -0.05) is 54.6 Å². The second-order valence-corrected chi connectivity index (χ2v) is 9.34. The van der Waals surface area contributed by atoms with Crippen LogP contribution < -0.4 is 4.72 Å². The highest BCUT2D eigenvalue weighted by atomic mass is 32.2. The fraction of sp³-hybridized carbons (Fsp3) is 0.160. The first-order valence-electron chi connectivity index (χ1n) is 10.3. The number of nitrogens with one attached hydrogen (secondary N) is 1. The molecule has 0 bridgehead atoms. The van der Waals surface area contributed by atoms with E-state index in [0.29, 0.717) is 24.2 Å². The fourth-order valence-electron chi connectivity index (χ4n) is 3.68. The van der Waals surface area contributed by atoms with E-state index >= 15 is 0 Å². The molecular weight excluding hydrogens is 427 g/mol. The third kappa shape index (κ3) is 4.57. The summed E-state index contributed by atoms with van der Waals surface area (Å²) in [4.78, 5) is 14.8. The van der Waals surface area contributed by atoms with E-state index in [-0.39, 0.29) is 16.5 Å². The number of hydrogen-bond donors (Lipinski definition) is 1. The molecular formula is C25H23FN2O3S. The van der Waals surface area contributed by atoms with Crippen LogP contribution in [0.4, 0.5) is 10.1 Å². The van der Waals surface area contributed by atoms with Gasteiger partial charge in [-0.15, -0.1) is 0 Å². The minimum absolute atomic E-state index is 0.0905. The number of para-hydroxylation sites is 1. The van der Waals surface area contributed by atoms with E-state index < -0.39 is 15.8 Å². The van der Waals surface area contributed by atoms with Gasteiger partial charge in [0.05, 0.1) is 10.6 Å². The van der Waals surface area contributed by atoms with Gasteiger partial charge in [-0.2, -0.15) is 0 Å². The van der Waals surface area contributed by atoms with Crippen molar-refractivity contribution in [1.29, 1.82) is 0 Å². The zero-order chi connectivity index (χ0) is 22.7. The van der Waals surface area contributed by atoms with Crippen molar-refractivity contribution in [3.05, 3.63) is 101 Å². The molecule has 0 fully saturated rings. The van der Waals surface area contributed by atoms with E-state index in [1.165, 1.54) is 35.9 Å². The fourth-order valence-corrected chi connectivity index (χ4v) is 4.78. The van der Waals surface area contributed by atoms with Crippen LogP contribution in [0.3, 0.4) is 0 Å². The highest BCUT2D eigenvalue weighted by Gasteiger charge is 2.24. The Morgan fingerprint density at radius 2 is 1.72 bits per heavy atom. The molecule has 32 heavy (non-hydrogen) atoms. The molecule has 0 aromatic heterocycles. The number of anilines is 1. The lowest BCUT2D eigenvalue weighted by molar-refractivity contribution is 0.0772. The molecule has 164 valence electrons. The van der Waals surface area contributed by atoms with Gasteiger partial charge < -0.3 is 4.90 Å². The van der Waals surface area contributed by atoms with Gasteiger partial charge in [0.15, 0.2) is 0 Å². The highest BCUT2D eigenvalue weighted by molar-refractivity contribution is 7.92. The summed E-state index contributed by atoms with van der Waals surface area (Å²) in [5, 5.41) is 0. The quantitative estimate of drug-likeness (QED) is 0.603. The number of rotatable bonds is 5. The Hall–Kier alpha value is -3.45. The lowest BCUT2D eigenvalue weighted by Gasteiger charge is -2.27. The molecule has 1 aliphatic rings. The first-order valence-corrected chi connectivity index (χ1v) is 11.8. The summed E-state index contributed by atoms with van der Waals surface area (Å²) in [5.41, 5.74) is 3.19. The first kappa shape index (κ1) is 21.8. The van der Waals surface area contributed by atoms with Crippen molar-refractivity contribution < 1.29 is 17.6 Å². The van der Waals surface area contributed by atoms with Gasteiger partial charge in [-0.3, -0.25) is 9.52 Å². The molecule has 3 aromatic rings. The van der Waals surface area contributed by atoms with Crippen molar-refractivity contribution >= 4 is 27.2 Å². The predicted octanol–water partition coefficient (Wildman–Crippen LogP) is 4.86. The maximum absolute atomic E-state index is 13.9. The Balaban J connectivity index is 1.56. The molecule has 0 atom stereocenters. The molecule has 3 aromatic carbocycles. The number of sulfonamides is 1. The monoisotopic (exact) mass is 450 g/mol. The Bertz CT molecular complexity index is 1290. The molecule has 0 aliphatic carbocycles. The predicted molar refractivity (Wildman–Crippen MR) is 123 cm³/mol. The van der Waals surface area contributed by atoms with Crippen molar-refractivity contribution in [2.45, 2.75) is 18.2 Å². The van der Waals surface area contributed by atoms with Crippen LogP contribution in [0.15, 0.2) is 83.8 Å². The molecule has 0 saturated heterocycles. The van der Waals surface area contributed by atoms with Crippen LogP contribution in [0.1, 0.15) is 27.9 Å². The number of hydrogen-bond acceptors (Lipinski definition) is 3. The van der Waals surface area contributed by atoms with E-state index in [1.807, 2.05) is 36.4 Å². The SMILES string of the molecule is Cc1ccc(S(=O)(=O)Nc2ccccc2F)cc1C(=O)N1CC=C(c2ccccc2)CC1. The first-order chi connectivity index (χ1) is 15.3. The van der Waals surface area contributed by atoms with E-state index in [0.717, 1.165) is 12.0 Å². The molecule has 1 aliphatic heterocycles. The van der Waals surface area contributed by atoms with Gasteiger partial charge in [0.1, 0.15) is 5.82 Å². The van der Waals surface area contributed by atoms with E-state index in [4.69, 9.17) is 0 Å². The minimum atomic E-state index is -4.06. The van der Waals surface area contributed by atoms with Gasteiger partial charge in [0.25, 0.3) is 15.9 Å². The summed E-state index contributed by atoms with van der Waals surface area (Å²) < 4.78 is 41.8. The number of halogens is 1. The van der Waals surface area contributed by atoms with Gasteiger partial charge in [-0.05, 0) is 54.3 Å². The van der Waals surface area contributed by atoms with Gasteiger partial charge in [0, 0.05) is 18.7 Å². The van der Waals surface area contributed by atoms with E-state index in [2.05, 4.69) is 4.72 Å². The summed E-state index contributed by atoms with van der Waals surface area (Å²) in [6, 6.07) is 19.9. The molecule has 0 unspecified atom stereocenters. The average Bonchev–Trinajstić information content (AvgIpc) is 2.81. The largest absolute Gasteiger partial charge is 0.335 e. The molecule has 7 heteroatoms. The van der Waals surface area contributed by atoms with Crippen molar-refractivity contribution in [3.8, 4) is 0 Å². The minimum Gasteiger partial charge on any atom is -0.335 e. The van der Waals surface area contributed by atoms with Crippen molar-refractivity contribution in [3.63, 3.8) is 0 Å². The summed E-state index contributed by atoms with van der Waals surface area (Å²) >= 11 is 0. The van der Waals surface area contributed by atoms with E-state index in [9.17, 15) is 17.6 Å². The number of carbonyl (C=O) groups is 1. The maximum atomic E-state index is 13.9. The Labute approximate surface area is 187 Å². The van der Waals surface area contributed by atoms with Crippen molar-refractivity contribution in [2.75, 3.05) is 17.8 Å². The topological polar surface area (TPSA) is 66.5 Å². The number of aryl methyl sites for hydroxylation is 1. The van der Waals surface area contributed by atoms with Crippen molar-refractivity contribution in [2.24, 2.45) is 0 Å². The second kappa shape index (κ2) is 8.96. The standard InChI is InChI=1S/C25H23FN2O3S/c1-18-11-12-21(32(30,31)27-24-10-6-5-9-23(24)26)17-22(18)25(29)28-15-13-20(14-16-28)19-7-3-2-4-8-19/h2-13,17,27H,14-16H2,1H3. The maximum Gasteiger partial charge on any atom is 0.262 e. The molecule has 1 N–H and O–H groups in total. The number of amides is 1. The van der Waals surface area contributed by atoms with Gasteiger partial charge in [0.2, 0.25) is 0 Å². The van der Waals surface area contributed by atoms with Crippen LogP contribution in [0.2, 0.25) is 0 Å². The van der Waals surface area contributed by atoms with Gasteiger partial charge in [-0.25, -0.2) is 12.8 Å². The van der Waals surface area contributed by atoms with Crippen molar-refractivity contribution in [1.82, 2.24) is 4.90 Å². The smallest absolute Gasteiger partial charge is 0.262 e. The zero-order valence-corrected chi connectivity index (χ0v) is 18.4. The molecule has 1 heterocycles. The van der Waals surface area contributed by atoms with Crippen LogP contribution in [-0.4, -0.2) is 32.3 Å². The van der Waals surface area contributed by atoms with Gasteiger partial charge >= 0.3 is 0 Å². The normalized spacial score (nSPS) is 14.1. The summed E-state index contributed by atoms with van der Waals surface area (Å²) in [7, 11) is -4.06. The Morgan fingerprint density at radius 3 is 2.41 bits per heavy atom. The second-order valence-electron chi connectivity index (χ2n) is 7.66. The number of nitrogens with zero attached hydrogens (tertiary/aromatic N) is 1. The zero-order valence-electron chi connectivity index (χ0n) is 17.6. The Kier molecular flexibility index (Phi) is 6.10. The summed E-state index contributed by atoms with van der Waals surface area (Å²) in [5.74, 6) is -0.900. The summed E-state index contributed by atoms with van der Waals surface area (Å²) in [6.45, 7) is 2.76. The highest BCUT2D eigenvalue weighted by Crippen LogP contribution is 2.25. The summed E-state index contributed by atoms with van der Waals surface area (Å²) in [6.07, 6.45) is 2.76. The molecule has 0 saturated carbocycles. The van der Waals surface area contributed by atoms with Crippen LogP contribution in [0.5, 0.6) is 0 Å². The lowest BCUT2D eigenvalue weighted by atomic mass is 9.99. The molecule has 1 amide bonds. The third-order valence-electron chi connectivity index (χ3n) is 5.51. The van der Waals surface area contributed by atoms with Crippen LogP contribution in [-0.2, 0) is 10.0 Å². The van der Waals surface area contributed by atoms with Crippen LogP contribution in [0.25, 0.3) is 5.57 Å². The Morgan fingerprint density at radius 1 is 1.00 bits per heavy atom. The molecule has 5 nitrogen and oxygen atoms in total. The number of benzene rings is 3. The lowest BCUT2D eigenvalue weighted by Crippen LogP contribution is -2.35. The molecule has 0 spiro atoms. The number of carbonyl (C=O) groups excluding carboxylic acids is 1. The third-order valence-corrected chi connectivity index (χ3v) is 6.87. The van der Waals surface area contributed by atoms with Crippen LogP contribution in [0, 0.1) is 12.7 Å². The average molecular weight is 451 g/mol. The van der Waals surface area contributed by atoms with E-state index in [1.54, 1.807) is 24.0 Å². The molecule has 0 radical (unpaired) electrons. The molecule has 4 rings (SSSR count).